The van der Waals surface area contributed by atoms with E-state index in [1.165, 1.54) is 0 Å². The molecule has 2 heterocycles. The quantitative estimate of drug-likeness (QED) is 0.695. The average Bonchev–Trinajstić information content (AvgIpc) is 2.34. The minimum Gasteiger partial charge on any atom is -0.353 e. The van der Waals surface area contributed by atoms with Crippen molar-refractivity contribution in [1.29, 1.82) is 0 Å². The van der Waals surface area contributed by atoms with Crippen LogP contribution in [0.15, 0.2) is 18.6 Å². The van der Waals surface area contributed by atoms with Crippen molar-refractivity contribution in [3.8, 4) is 0 Å². The monoisotopic (exact) mass is 208 g/mol. The lowest BCUT2D eigenvalue weighted by atomic mass is 10.3. The summed E-state index contributed by atoms with van der Waals surface area (Å²) in [4.78, 5) is 12.9. The van der Waals surface area contributed by atoms with Crippen LogP contribution in [0.25, 0.3) is 0 Å². The average molecular weight is 208 g/mol. The minimum absolute atomic E-state index is 0.996. The summed E-state index contributed by atoms with van der Waals surface area (Å²) < 4.78 is 0. The first kappa shape index (κ1) is 11.9. The molecule has 4 heteroatoms. The van der Waals surface area contributed by atoms with E-state index in [0.717, 1.165) is 32.0 Å². The SMILES string of the molecule is CC.CN1CCN(c2cnccn2)CC1. The zero-order valence-electron chi connectivity index (χ0n) is 9.85. The predicted octanol–water partition coefficient (Wildman–Crippen LogP) is 1.25. The van der Waals surface area contributed by atoms with Crippen molar-refractivity contribution in [2.24, 2.45) is 0 Å². The van der Waals surface area contributed by atoms with Crippen LogP contribution in [-0.4, -0.2) is 48.1 Å². The second-order valence-corrected chi connectivity index (χ2v) is 3.35. The molecule has 15 heavy (non-hydrogen) atoms. The van der Waals surface area contributed by atoms with Crippen LogP contribution in [0.5, 0.6) is 0 Å². The standard InChI is InChI=1S/C9H14N4.C2H6/c1-12-4-6-13(7-5-12)9-8-10-2-3-11-9;1-2/h2-3,8H,4-7H2,1H3;1-2H3. The normalized spacial score (nSPS) is 16.9. The molecular formula is C11H20N4. The second kappa shape index (κ2) is 6.35. The van der Waals surface area contributed by atoms with Gasteiger partial charge in [0.25, 0.3) is 0 Å². The van der Waals surface area contributed by atoms with E-state index in [1.54, 1.807) is 12.4 Å². The number of nitrogens with zero attached hydrogens (tertiary/aromatic N) is 4. The van der Waals surface area contributed by atoms with Crippen LogP contribution >= 0.6 is 0 Å². The zero-order chi connectivity index (χ0) is 11.1. The Morgan fingerprint density at radius 3 is 2.27 bits per heavy atom. The molecular weight excluding hydrogens is 188 g/mol. The van der Waals surface area contributed by atoms with Gasteiger partial charge in [0, 0.05) is 38.6 Å². The summed E-state index contributed by atoms with van der Waals surface area (Å²) in [5.74, 6) is 0.996. The molecule has 0 radical (unpaired) electrons. The highest BCUT2D eigenvalue weighted by molar-refractivity contribution is 5.35. The Labute approximate surface area is 91.9 Å². The van der Waals surface area contributed by atoms with Gasteiger partial charge in [0.15, 0.2) is 0 Å². The molecule has 1 saturated heterocycles. The van der Waals surface area contributed by atoms with Gasteiger partial charge < -0.3 is 9.80 Å². The summed E-state index contributed by atoms with van der Waals surface area (Å²) in [5.41, 5.74) is 0. The van der Waals surface area contributed by atoms with Crippen LogP contribution in [0, 0.1) is 0 Å². The highest BCUT2D eigenvalue weighted by Gasteiger charge is 2.14. The first-order chi connectivity index (χ1) is 7.36. The van der Waals surface area contributed by atoms with E-state index in [0.29, 0.717) is 0 Å². The van der Waals surface area contributed by atoms with Gasteiger partial charge in [-0.15, -0.1) is 0 Å². The van der Waals surface area contributed by atoms with Crippen molar-refractivity contribution in [2.75, 3.05) is 38.1 Å². The van der Waals surface area contributed by atoms with E-state index in [1.807, 2.05) is 20.0 Å². The number of anilines is 1. The van der Waals surface area contributed by atoms with Crippen molar-refractivity contribution in [1.82, 2.24) is 14.9 Å². The Bertz CT molecular complexity index is 255. The Hall–Kier alpha value is -1.16. The van der Waals surface area contributed by atoms with Crippen LogP contribution in [0.3, 0.4) is 0 Å². The van der Waals surface area contributed by atoms with Gasteiger partial charge in [0.1, 0.15) is 5.82 Å². The third-order valence-corrected chi connectivity index (χ3v) is 2.38. The van der Waals surface area contributed by atoms with E-state index in [2.05, 4.69) is 26.8 Å². The van der Waals surface area contributed by atoms with Gasteiger partial charge in [0.05, 0.1) is 6.20 Å². The number of hydrogen-bond acceptors (Lipinski definition) is 4. The molecule has 0 unspecified atom stereocenters. The van der Waals surface area contributed by atoms with Gasteiger partial charge in [-0.2, -0.15) is 0 Å². The molecule has 0 aliphatic carbocycles. The van der Waals surface area contributed by atoms with Crippen molar-refractivity contribution in [3.63, 3.8) is 0 Å². The highest BCUT2D eigenvalue weighted by atomic mass is 15.3. The topological polar surface area (TPSA) is 32.3 Å². The molecule has 1 aliphatic heterocycles. The maximum absolute atomic E-state index is 4.27. The van der Waals surface area contributed by atoms with E-state index >= 15 is 0 Å². The minimum atomic E-state index is 0.996. The summed E-state index contributed by atoms with van der Waals surface area (Å²) in [5, 5.41) is 0. The summed E-state index contributed by atoms with van der Waals surface area (Å²) >= 11 is 0. The molecule has 84 valence electrons. The molecule has 1 aromatic rings. The van der Waals surface area contributed by atoms with Gasteiger partial charge in [-0.05, 0) is 7.05 Å². The summed E-state index contributed by atoms with van der Waals surface area (Å²) in [6.45, 7) is 8.32. The first-order valence-electron chi connectivity index (χ1n) is 5.56. The van der Waals surface area contributed by atoms with Crippen molar-refractivity contribution < 1.29 is 0 Å². The molecule has 4 nitrogen and oxygen atoms in total. The van der Waals surface area contributed by atoms with E-state index in [4.69, 9.17) is 0 Å². The van der Waals surface area contributed by atoms with E-state index in [-0.39, 0.29) is 0 Å². The Kier molecular flexibility index (Phi) is 5.04. The molecule has 0 aromatic carbocycles. The molecule has 0 bridgehead atoms. The molecule has 1 aliphatic rings. The fourth-order valence-electron chi connectivity index (χ4n) is 1.49. The molecule has 1 aromatic heterocycles. The van der Waals surface area contributed by atoms with Gasteiger partial charge in [-0.3, -0.25) is 4.98 Å². The fourth-order valence-corrected chi connectivity index (χ4v) is 1.49. The van der Waals surface area contributed by atoms with Crippen LogP contribution < -0.4 is 4.90 Å². The molecule has 0 amide bonds. The first-order valence-corrected chi connectivity index (χ1v) is 5.56. The number of piperazine rings is 1. The van der Waals surface area contributed by atoms with Gasteiger partial charge in [-0.25, -0.2) is 4.98 Å². The largest absolute Gasteiger partial charge is 0.353 e. The smallest absolute Gasteiger partial charge is 0.147 e. The van der Waals surface area contributed by atoms with Crippen molar-refractivity contribution in [2.45, 2.75) is 13.8 Å². The lowest BCUT2D eigenvalue weighted by Gasteiger charge is -2.32. The molecule has 0 saturated carbocycles. The molecule has 0 spiro atoms. The maximum atomic E-state index is 4.27. The predicted molar refractivity (Wildman–Crippen MR) is 63.1 cm³/mol. The molecule has 0 atom stereocenters. The Balaban J connectivity index is 0.000000531. The van der Waals surface area contributed by atoms with Crippen LogP contribution in [-0.2, 0) is 0 Å². The summed E-state index contributed by atoms with van der Waals surface area (Å²) in [7, 11) is 2.15. The van der Waals surface area contributed by atoms with E-state index < -0.39 is 0 Å². The van der Waals surface area contributed by atoms with Crippen molar-refractivity contribution >= 4 is 5.82 Å². The zero-order valence-corrected chi connectivity index (χ0v) is 9.85. The Morgan fingerprint density at radius 2 is 1.73 bits per heavy atom. The molecule has 1 fully saturated rings. The summed E-state index contributed by atoms with van der Waals surface area (Å²) in [6.07, 6.45) is 5.28. The highest BCUT2D eigenvalue weighted by Crippen LogP contribution is 2.09. The number of aromatic nitrogens is 2. The fraction of sp³-hybridized carbons (Fsp3) is 0.636. The van der Waals surface area contributed by atoms with Crippen LogP contribution in [0.1, 0.15) is 13.8 Å². The van der Waals surface area contributed by atoms with Gasteiger partial charge in [0.2, 0.25) is 0 Å². The second-order valence-electron chi connectivity index (χ2n) is 3.35. The third-order valence-electron chi connectivity index (χ3n) is 2.38. The number of rotatable bonds is 1. The molecule has 2 rings (SSSR count). The van der Waals surface area contributed by atoms with Crippen molar-refractivity contribution in [3.05, 3.63) is 18.6 Å². The van der Waals surface area contributed by atoms with Gasteiger partial charge in [-0.1, -0.05) is 13.8 Å². The van der Waals surface area contributed by atoms with Crippen LogP contribution in [0.2, 0.25) is 0 Å². The summed E-state index contributed by atoms with van der Waals surface area (Å²) in [6, 6.07) is 0. The Morgan fingerprint density at radius 1 is 1.07 bits per heavy atom. The lowest BCUT2D eigenvalue weighted by Crippen LogP contribution is -2.44. The van der Waals surface area contributed by atoms with Gasteiger partial charge >= 0.3 is 0 Å². The number of hydrogen-bond donors (Lipinski definition) is 0. The van der Waals surface area contributed by atoms with Crippen LogP contribution in [0.4, 0.5) is 5.82 Å². The van der Waals surface area contributed by atoms with E-state index in [9.17, 15) is 0 Å². The third kappa shape index (κ3) is 3.47. The molecule has 0 N–H and O–H groups in total. The number of likely N-dealkylation sites (N-methyl/N-ethyl adjacent to an activating group) is 1. The lowest BCUT2D eigenvalue weighted by molar-refractivity contribution is 0.312. The maximum Gasteiger partial charge on any atom is 0.147 e.